The molecule has 3 rings (SSSR count). The van der Waals surface area contributed by atoms with Crippen molar-refractivity contribution in [1.29, 1.82) is 0 Å². The van der Waals surface area contributed by atoms with Crippen molar-refractivity contribution in [2.45, 2.75) is 43.4 Å². The van der Waals surface area contributed by atoms with Gasteiger partial charge >= 0.3 is 0 Å². The summed E-state index contributed by atoms with van der Waals surface area (Å²) in [5.41, 5.74) is 6.75. The van der Waals surface area contributed by atoms with E-state index in [-0.39, 0.29) is 11.2 Å². The molecule has 0 bridgehead atoms. The highest BCUT2D eigenvalue weighted by Crippen LogP contribution is 2.41. The third-order valence-electron chi connectivity index (χ3n) is 3.75. The first-order chi connectivity index (χ1) is 9.56. The predicted molar refractivity (Wildman–Crippen MR) is 83.1 cm³/mol. The second-order valence-corrected chi connectivity index (χ2v) is 7.79. The van der Waals surface area contributed by atoms with Crippen LogP contribution in [0.3, 0.4) is 0 Å². The lowest BCUT2D eigenvalue weighted by Crippen LogP contribution is -2.22. The van der Waals surface area contributed by atoms with Crippen LogP contribution in [0.5, 0.6) is 0 Å². The maximum absolute atomic E-state index is 11.3. The van der Waals surface area contributed by atoms with Crippen LogP contribution in [-0.2, 0) is 17.6 Å². The van der Waals surface area contributed by atoms with Crippen molar-refractivity contribution < 1.29 is 4.79 Å². The quantitative estimate of drug-likeness (QED) is 0.699. The first-order valence-corrected chi connectivity index (χ1v) is 8.47. The fourth-order valence-corrected chi connectivity index (χ4v) is 4.87. The third kappa shape index (κ3) is 2.42. The first kappa shape index (κ1) is 13.8. The number of thiophene rings is 1. The van der Waals surface area contributed by atoms with Gasteiger partial charge in [0, 0.05) is 10.3 Å². The van der Waals surface area contributed by atoms with Crippen molar-refractivity contribution in [2.24, 2.45) is 11.7 Å². The standard InChI is InChI=1S/C14H17N3OS2/c1-7-3-4-9-10(5-7)20-14-11(9)13(16-6-17-14)19-8(2)12(15)18/h6-8H,3-5H2,1-2H3,(H2,15,18)/t7-,8-/m0/s1. The van der Waals surface area contributed by atoms with Crippen LogP contribution in [0.2, 0.25) is 0 Å². The van der Waals surface area contributed by atoms with Crippen LogP contribution in [0.15, 0.2) is 11.4 Å². The van der Waals surface area contributed by atoms with E-state index in [9.17, 15) is 4.79 Å². The minimum Gasteiger partial charge on any atom is -0.369 e. The number of carbonyl (C=O) groups excluding carboxylic acids is 1. The lowest BCUT2D eigenvalue weighted by Gasteiger charge is -2.18. The summed E-state index contributed by atoms with van der Waals surface area (Å²) in [4.78, 5) is 22.5. The van der Waals surface area contributed by atoms with Crippen LogP contribution in [0.4, 0.5) is 0 Å². The SMILES string of the molecule is C[C@H]1CCc2c(sc3ncnc(S[C@@H](C)C(N)=O)c23)C1. The van der Waals surface area contributed by atoms with Gasteiger partial charge < -0.3 is 5.73 Å². The van der Waals surface area contributed by atoms with Crippen molar-refractivity contribution in [3.8, 4) is 0 Å². The number of rotatable bonds is 3. The molecule has 1 aliphatic carbocycles. The summed E-state index contributed by atoms with van der Waals surface area (Å²) in [6.45, 7) is 4.12. The Morgan fingerprint density at radius 2 is 2.35 bits per heavy atom. The number of nitrogens with two attached hydrogens (primary N) is 1. The second kappa shape index (κ2) is 5.33. The van der Waals surface area contributed by atoms with Gasteiger partial charge in [0.2, 0.25) is 5.91 Å². The molecule has 0 aliphatic heterocycles. The molecule has 1 aliphatic rings. The largest absolute Gasteiger partial charge is 0.369 e. The molecule has 6 heteroatoms. The van der Waals surface area contributed by atoms with Gasteiger partial charge in [-0.05, 0) is 37.7 Å². The molecule has 0 fully saturated rings. The van der Waals surface area contributed by atoms with Gasteiger partial charge in [-0.2, -0.15) is 0 Å². The number of aryl methyl sites for hydroxylation is 1. The monoisotopic (exact) mass is 307 g/mol. The summed E-state index contributed by atoms with van der Waals surface area (Å²) in [6, 6.07) is 0. The zero-order valence-corrected chi connectivity index (χ0v) is 13.2. The van der Waals surface area contributed by atoms with Gasteiger partial charge in [-0.3, -0.25) is 4.79 Å². The van der Waals surface area contributed by atoms with Crippen LogP contribution in [0, 0.1) is 5.92 Å². The molecule has 2 atom stereocenters. The molecule has 1 amide bonds. The van der Waals surface area contributed by atoms with Crippen molar-refractivity contribution in [3.05, 3.63) is 16.8 Å². The molecule has 4 nitrogen and oxygen atoms in total. The van der Waals surface area contributed by atoms with E-state index in [1.807, 2.05) is 6.92 Å². The fourth-order valence-electron chi connectivity index (χ4n) is 2.56. The van der Waals surface area contributed by atoms with E-state index in [4.69, 9.17) is 5.73 Å². The molecule has 2 heterocycles. The molecule has 20 heavy (non-hydrogen) atoms. The Balaban J connectivity index is 2.07. The Kier molecular flexibility index (Phi) is 3.69. The summed E-state index contributed by atoms with van der Waals surface area (Å²) >= 11 is 3.21. The van der Waals surface area contributed by atoms with Gasteiger partial charge in [0.1, 0.15) is 16.2 Å². The number of carbonyl (C=O) groups is 1. The smallest absolute Gasteiger partial charge is 0.230 e. The normalized spacial score (nSPS) is 19.8. The summed E-state index contributed by atoms with van der Waals surface area (Å²) in [7, 11) is 0. The Morgan fingerprint density at radius 3 is 3.10 bits per heavy atom. The molecule has 0 aromatic carbocycles. The topological polar surface area (TPSA) is 68.9 Å². The number of nitrogens with zero attached hydrogens (tertiary/aromatic N) is 2. The van der Waals surface area contributed by atoms with Gasteiger partial charge in [0.25, 0.3) is 0 Å². The Labute approximate surface area is 126 Å². The molecule has 0 unspecified atom stereocenters. The number of hydrogen-bond donors (Lipinski definition) is 1. The molecule has 2 aromatic rings. The van der Waals surface area contributed by atoms with E-state index in [1.165, 1.54) is 28.6 Å². The second-order valence-electron chi connectivity index (χ2n) is 5.37. The highest BCUT2D eigenvalue weighted by Gasteiger charge is 2.24. The Morgan fingerprint density at radius 1 is 1.55 bits per heavy atom. The highest BCUT2D eigenvalue weighted by atomic mass is 32.2. The molecule has 0 spiro atoms. The number of thioether (sulfide) groups is 1. The van der Waals surface area contributed by atoms with E-state index in [2.05, 4.69) is 16.9 Å². The van der Waals surface area contributed by atoms with Crippen LogP contribution in [-0.4, -0.2) is 21.1 Å². The van der Waals surface area contributed by atoms with Crippen molar-refractivity contribution in [3.63, 3.8) is 0 Å². The van der Waals surface area contributed by atoms with E-state index in [0.717, 1.165) is 34.0 Å². The van der Waals surface area contributed by atoms with Crippen molar-refractivity contribution in [2.75, 3.05) is 0 Å². The molecule has 106 valence electrons. The fraction of sp³-hybridized carbons (Fsp3) is 0.500. The average Bonchev–Trinajstić information content (AvgIpc) is 2.76. The van der Waals surface area contributed by atoms with E-state index in [1.54, 1.807) is 17.7 Å². The van der Waals surface area contributed by atoms with Crippen LogP contribution in [0.1, 0.15) is 30.7 Å². The van der Waals surface area contributed by atoms with E-state index >= 15 is 0 Å². The summed E-state index contributed by atoms with van der Waals surface area (Å²) in [6.07, 6.45) is 5.02. The number of hydrogen-bond acceptors (Lipinski definition) is 5. The average molecular weight is 307 g/mol. The molecular weight excluding hydrogens is 290 g/mol. The molecule has 0 radical (unpaired) electrons. The minimum absolute atomic E-state index is 0.272. The van der Waals surface area contributed by atoms with Gasteiger partial charge in [-0.25, -0.2) is 9.97 Å². The van der Waals surface area contributed by atoms with Gasteiger partial charge in [0.05, 0.1) is 5.25 Å². The van der Waals surface area contributed by atoms with Crippen molar-refractivity contribution >= 4 is 39.2 Å². The molecular formula is C14H17N3OS2. The van der Waals surface area contributed by atoms with E-state index < -0.39 is 0 Å². The summed E-state index contributed by atoms with van der Waals surface area (Å²) in [5, 5.41) is 1.78. The molecule has 0 saturated carbocycles. The maximum Gasteiger partial charge on any atom is 0.230 e. The molecule has 0 saturated heterocycles. The Hall–Kier alpha value is -1.14. The lowest BCUT2D eigenvalue weighted by atomic mass is 9.89. The van der Waals surface area contributed by atoms with Crippen LogP contribution in [0.25, 0.3) is 10.2 Å². The maximum atomic E-state index is 11.3. The summed E-state index contributed by atoms with van der Waals surface area (Å²) < 4.78 is 0. The third-order valence-corrected chi connectivity index (χ3v) is 6.03. The van der Waals surface area contributed by atoms with Gasteiger partial charge in [0.15, 0.2) is 0 Å². The highest BCUT2D eigenvalue weighted by molar-refractivity contribution is 8.00. The number of primary amides is 1. The van der Waals surface area contributed by atoms with Crippen molar-refractivity contribution in [1.82, 2.24) is 9.97 Å². The Bertz CT molecular complexity index is 668. The number of amides is 1. The van der Waals surface area contributed by atoms with Crippen LogP contribution >= 0.6 is 23.1 Å². The zero-order valence-electron chi connectivity index (χ0n) is 11.5. The summed E-state index contributed by atoms with van der Waals surface area (Å²) in [5.74, 6) is 0.434. The first-order valence-electron chi connectivity index (χ1n) is 6.77. The predicted octanol–water partition coefficient (Wildman–Crippen LogP) is 2.78. The van der Waals surface area contributed by atoms with Crippen LogP contribution < -0.4 is 5.73 Å². The van der Waals surface area contributed by atoms with E-state index in [0.29, 0.717) is 0 Å². The lowest BCUT2D eigenvalue weighted by molar-refractivity contribution is -0.117. The number of fused-ring (bicyclic) bond motifs is 3. The number of aromatic nitrogens is 2. The van der Waals surface area contributed by atoms with Gasteiger partial charge in [-0.1, -0.05) is 18.7 Å². The molecule has 2 aromatic heterocycles. The minimum atomic E-state index is -0.306. The zero-order chi connectivity index (χ0) is 14.3. The van der Waals surface area contributed by atoms with Gasteiger partial charge in [-0.15, -0.1) is 11.3 Å². The molecule has 2 N–H and O–H groups in total.